The summed E-state index contributed by atoms with van der Waals surface area (Å²) in [6.07, 6.45) is 0.706. The van der Waals surface area contributed by atoms with Crippen LogP contribution >= 0.6 is 11.6 Å². The molecule has 2 aromatic carbocycles. The minimum absolute atomic E-state index is 0.171. The van der Waals surface area contributed by atoms with E-state index in [1.165, 1.54) is 0 Å². The molecule has 1 aliphatic rings. The van der Waals surface area contributed by atoms with Crippen LogP contribution in [0.15, 0.2) is 36.4 Å². The number of rotatable bonds is 3. The second kappa shape index (κ2) is 6.77. The number of hydrogen-bond acceptors (Lipinski definition) is 1. The molecule has 0 radical (unpaired) electrons. The molecule has 0 aliphatic carbocycles. The highest BCUT2D eigenvalue weighted by molar-refractivity contribution is 6.31. The highest BCUT2D eigenvalue weighted by Crippen LogP contribution is 2.44. The zero-order valence-corrected chi connectivity index (χ0v) is 14.2. The van der Waals surface area contributed by atoms with Gasteiger partial charge in [-0.25, -0.2) is 13.2 Å². The molecule has 2 aromatic rings. The Bertz CT molecular complexity index is 724. The maximum atomic E-state index is 13.7. The van der Waals surface area contributed by atoms with Gasteiger partial charge in [0.05, 0.1) is 0 Å². The van der Waals surface area contributed by atoms with Gasteiger partial charge in [0.1, 0.15) is 0 Å². The largest absolute Gasteiger partial charge is 0.306 e. The predicted molar refractivity (Wildman–Crippen MR) is 89.6 cm³/mol. The van der Waals surface area contributed by atoms with Gasteiger partial charge in [0.15, 0.2) is 17.5 Å². The van der Waals surface area contributed by atoms with Crippen molar-refractivity contribution in [2.45, 2.75) is 38.3 Å². The van der Waals surface area contributed by atoms with E-state index in [0.717, 1.165) is 17.7 Å². The summed E-state index contributed by atoms with van der Waals surface area (Å²) in [5.41, 5.74) is 1.34. The molecule has 3 atom stereocenters. The molecule has 5 heteroatoms. The van der Waals surface area contributed by atoms with Crippen LogP contribution in [0, 0.1) is 23.4 Å². The Kier molecular flexibility index (Phi) is 4.88. The first-order valence-electron chi connectivity index (χ1n) is 8.03. The van der Waals surface area contributed by atoms with Gasteiger partial charge in [-0.05, 0) is 41.7 Å². The first-order chi connectivity index (χ1) is 11.4. The Morgan fingerprint density at radius 2 is 1.71 bits per heavy atom. The smallest absolute Gasteiger partial charge is 0.194 e. The minimum atomic E-state index is -1.43. The van der Waals surface area contributed by atoms with Gasteiger partial charge in [0.2, 0.25) is 0 Å². The lowest BCUT2D eigenvalue weighted by molar-refractivity contribution is 0.433. The maximum absolute atomic E-state index is 13.7. The maximum Gasteiger partial charge on any atom is 0.194 e. The Hall–Kier alpha value is -1.52. The predicted octanol–water partition coefficient (Wildman–Crippen LogP) is 5.60. The molecular formula is C19H19ClF3N. The quantitative estimate of drug-likeness (QED) is 0.708. The van der Waals surface area contributed by atoms with E-state index in [1.54, 1.807) is 6.07 Å². The summed E-state index contributed by atoms with van der Waals surface area (Å²) in [6, 6.07) is 9.63. The first kappa shape index (κ1) is 17.3. The third kappa shape index (κ3) is 3.17. The second-order valence-electron chi connectivity index (χ2n) is 6.66. The van der Waals surface area contributed by atoms with Crippen molar-refractivity contribution in [2.24, 2.45) is 5.92 Å². The summed E-state index contributed by atoms with van der Waals surface area (Å²) >= 11 is 6.32. The van der Waals surface area contributed by atoms with Crippen LogP contribution < -0.4 is 5.32 Å². The molecule has 1 N–H and O–H groups in total. The van der Waals surface area contributed by atoms with E-state index in [2.05, 4.69) is 19.2 Å². The SMILES string of the molecule is CC(C)C1CC(c2cc(F)c(F)c(F)c2)C(c2ccccc2Cl)N1. The third-order valence-corrected chi connectivity index (χ3v) is 5.13. The van der Waals surface area contributed by atoms with Crippen molar-refractivity contribution < 1.29 is 13.2 Å². The Labute approximate surface area is 144 Å². The summed E-state index contributed by atoms with van der Waals surface area (Å²) in [5, 5.41) is 4.13. The van der Waals surface area contributed by atoms with Gasteiger partial charge in [-0.1, -0.05) is 43.6 Å². The van der Waals surface area contributed by atoms with Crippen molar-refractivity contribution in [3.8, 4) is 0 Å². The van der Waals surface area contributed by atoms with Crippen LogP contribution in [0.4, 0.5) is 13.2 Å². The van der Waals surface area contributed by atoms with Crippen LogP contribution in [0.5, 0.6) is 0 Å². The summed E-state index contributed by atoms with van der Waals surface area (Å²) in [4.78, 5) is 0. The molecule has 0 aromatic heterocycles. The second-order valence-corrected chi connectivity index (χ2v) is 7.06. The molecule has 128 valence electrons. The van der Waals surface area contributed by atoms with Crippen LogP contribution in [0.3, 0.4) is 0 Å². The van der Waals surface area contributed by atoms with Gasteiger partial charge in [0.25, 0.3) is 0 Å². The average molecular weight is 354 g/mol. The molecular weight excluding hydrogens is 335 g/mol. The van der Waals surface area contributed by atoms with E-state index in [0.29, 0.717) is 22.9 Å². The Morgan fingerprint density at radius 3 is 2.29 bits per heavy atom. The molecule has 1 nitrogen and oxygen atoms in total. The third-order valence-electron chi connectivity index (χ3n) is 4.78. The molecule has 1 saturated heterocycles. The molecule has 24 heavy (non-hydrogen) atoms. The van der Waals surface area contributed by atoms with E-state index in [9.17, 15) is 13.2 Å². The van der Waals surface area contributed by atoms with E-state index < -0.39 is 17.5 Å². The van der Waals surface area contributed by atoms with Gasteiger partial charge in [-0.3, -0.25) is 0 Å². The molecule has 0 amide bonds. The number of halogens is 4. The zero-order valence-electron chi connectivity index (χ0n) is 13.5. The standard InChI is InChI=1S/C19H19ClF3N/c1-10(2)17-9-13(11-7-15(21)18(23)16(22)8-11)19(24-17)12-5-3-4-6-14(12)20/h3-8,10,13,17,19,24H,9H2,1-2H3. The van der Waals surface area contributed by atoms with E-state index in [1.807, 2.05) is 18.2 Å². The highest BCUT2D eigenvalue weighted by atomic mass is 35.5. The Morgan fingerprint density at radius 1 is 1.08 bits per heavy atom. The number of hydrogen-bond donors (Lipinski definition) is 1. The molecule has 0 spiro atoms. The van der Waals surface area contributed by atoms with Crippen LogP contribution in [-0.4, -0.2) is 6.04 Å². The molecule has 1 fully saturated rings. The van der Waals surface area contributed by atoms with Gasteiger partial charge in [0, 0.05) is 23.0 Å². The lowest BCUT2D eigenvalue weighted by Gasteiger charge is -2.22. The fourth-order valence-electron chi connectivity index (χ4n) is 3.44. The topological polar surface area (TPSA) is 12.0 Å². The zero-order chi connectivity index (χ0) is 17.4. The fraction of sp³-hybridized carbons (Fsp3) is 0.368. The van der Waals surface area contributed by atoms with Gasteiger partial charge >= 0.3 is 0 Å². The van der Waals surface area contributed by atoms with Crippen molar-refractivity contribution in [1.29, 1.82) is 0 Å². The highest BCUT2D eigenvalue weighted by Gasteiger charge is 2.38. The number of nitrogens with one attached hydrogen (secondary N) is 1. The first-order valence-corrected chi connectivity index (χ1v) is 8.41. The van der Waals surface area contributed by atoms with Crippen LogP contribution in [0.1, 0.15) is 43.4 Å². The molecule has 3 unspecified atom stereocenters. The lowest BCUT2D eigenvalue weighted by Crippen LogP contribution is -2.29. The molecule has 1 aliphatic heterocycles. The summed E-state index contributed by atoms with van der Waals surface area (Å²) in [7, 11) is 0. The molecule has 3 rings (SSSR count). The van der Waals surface area contributed by atoms with Crippen molar-refractivity contribution in [3.05, 3.63) is 70.0 Å². The molecule has 1 heterocycles. The van der Waals surface area contributed by atoms with Crippen LogP contribution in [0.25, 0.3) is 0 Å². The van der Waals surface area contributed by atoms with Gasteiger partial charge in [-0.2, -0.15) is 0 Å². The molecule has 0 saturated carbocycles. The summed E-state index contributed by atoms with van der Waals surface area (Å²) in [5.74, 6) is -3.57. The van der Waals surface area contributed by atoms with E-state index in [-0.39, 0.29) is 18.0 Å². The van der Waals surface area contributed by atoms with Crippen molar-refractivity contribution in [3.63, 3.8) is 0 Å². The van der Waals surface area contributed by atoms with Crippen molar-refractivity contribution >= 4 is 11.6 Å². The fourth-order valence-corrected chi connectivity index (χ4v) is 3.69. The average Bonchev–Trinajstić information content (AvgIpc) is 2.98. The van der Waals surface area contributed by atoms with Gasteiger partial charge in [-0.15, -0.1) is 0 Å². The number of benzene rings is 2. The summed E-state index contributed by atoms with van der Waals surface area (Å²) < 4.78 is 40.7. The van der Waals surface area contributed by atoms with Crippen LogP contribution in [0.2, 0.25) is 5.02 Å². The van der Waals surface area contributed by atoms with Crippen LogP contribution in [-0.2, 0) is 0 Å². The normalized spacial score (nSPS) is 23.9. The summed E-state index contributed by atoms with van der Waals surface area (Å²) in [6.45, 7) is 4.19. The van der Waals surface area contributed by atoms with Gasteiger partial charge < -0.3 is 5.32 Å². The molecule has 0 bridgehead atoms. The minimum Gasteiger partial charge on any atom is -0.306 e. The van der Waals surface area contributed by atoms with Crippen molar-refractivity contribution in [1.82, 2.24) is 5.32 Å². The van der Waals surface area contributed by atoms with Crippen molar-refractivity contribution in [2.75, 3.05) is 0 Å². The van der Waals surface area contributed by atoms with E-state index >= 15 is 0 Å². The lowest BCUT2D eigenvalue weighted by atomic mass is 9.86. The monoisotopic (exact) mass is 353 g/mol. The van der Waals surface area contributed by atoms with E-state index in [4.69, 9.17) is 11.6 Å². The Balaban J connectivity index is 2.04.